The van der Waals surface area contributed by atoms with Gasteiger partial charge in [-0.25, -0.2) is 25.9 Å². The van der Waals surface area contributed by atoms with Gasteiger partial charge in [0.2, 0.25) is 26.0 Å². The Morgan fingerprint density at radius 1 is 1.30 bits per heavy atom. The molecule has 1 saturated heterocycles. The van der Waals surface area contributed by atoms with Gasteiger partial charge in [-0.15, -0.1) is 11.3 Å². The number of thiophene rings is 1. The van der Waals surface area contributed by atoms with Crippen LogP contribution < -0.4 is 9.03 Å². The number of aryl methyl sites for hydroxylation is 1. The Balaban J connectivity index is 1.81. The third-order valence-corrected chi connectivity index (χ3v) is 8.71. The second-order valence-electron chi connectivity index (χ2n) is 6.46. The molecular weight excluding hydrogens is 408 g/mol. The fourth-order valence-corrected chi connectivity index (χ4v) is 6.77. The summed E-state index contributed by atoms with van der Waals surface area (Å²) in [6, 6.07) is 7.96. The fourth-order valence-electron chi connectivity index (χ4n) is 2.99. The van der Waals surface area contributed by atoms with Gasteiger partial charge in [-0.2, -0.15) is 0 Å². The van der Waals surface area contributed by atoms with E-state index in [9.17, 15) is 21.6 Å². The second kappa shape index (κ2) is 7.34. The summed E-state index contributed by atoms with van der Waals surface area (Å²) < 4.78 is 52.8. The highest BCUT2D eigenvalue weighted by Gasteiger charge is 2.42. The third kappa shape index (κ3) is 4.08. The molecule has 0 bridgehead atoms. The van der Waals surface area contributed by atoms with Gasteiger partial charge in [0.05, 0.1) is 22.3 Å². The van der Waals surface area contributed by atoms with Crippen LogP contribution in [0.3, 0.4) is 0 Å². The lowest BCUT2D eigenvalue weighted by molar-refractivity contribution is -0.119. The fraction of sp³-hybridized carbons (Fsp3) is 0.353. The maximum Gasteiger partial charge on any atom is 0.244 e. The average molecular weight is 429 g/mol. The first kappa shape index (κ1) is 20.0. The van der Waals surface area contributed by atoms with E-state index in [1.54, 1.807) is 25.2 Å². The minimum absolute atomic E-state index is 0.0644. The molecule has 0 aliphatic carbocycles. The molecule has 1 aromatic carbocycles. The van der Waals surface area contributed by atoms with Crippen LogP contribution in [0, 0.1) is 12.8 Å². The van der Waals surface area contributed by atoms with E-state index >= 15 is 0 Å². The first-order chi connectivity index (χ1) is 12.6. The summed E-state index contributed by atoms with van der Waals surface area (Å²) in [5, 5.41) is 1.93. The highest BCUT2D eigenvalue weighted by atomic mass is 32.2. The number of carbonyl (C=O) groups excluding carboxylic acids is 1. The normalized spacial score (nSPS) is 19.6. The van der Waals surface area contributed by atoms with Crippen molar-refractivity contribution in [2.45, 2.75) is 25.2 Å². The van der Waals surface area contributed by atoms with Gasteiger partial charge in [-0.3, -0.25) is 4.79 Å². The highest BCUT2D eigenvalue weighted by Crippen LogP contribution is 2.30. The number of nitrogens with zero attached hydrogens (tertiary/aromatic N) is 1. The van der Waals surface area contributed by atoms with Crippen LogP contribution in [0.2, 0.25) is 0 Å². The zero-order valence-electron chi connectivity index (χ0n) is 14.9. The molecule has 0 saturated carbocycles. The molecule has 1 atom stereocenters. The van der Waals surface area contributed by atoms with Gasteiger partial charge in [-0.1, -0.05) is 13.0 Å². The quantitative estimate of drug-likeness (QED) is 0.757. The van der Waals surface area contributed by atoms with Crippen LogP contribution in [0.4, 0.5) is 5.69 Å². The number of nitrogens with one attached hydrogen (secondary N) is 1. The molecule has 0 spiro atoms. The Labute approximate surface area is 163 Å². The number of sulfonamides is 2. The molecule has 27 heavy (non-hydrogen) atoms. The summed E-state index contributed by atoms with van der Waals surface area (Å²) in [5.74, 6) is -1.36. The lowest BCUT2D eigenvalue weighted by Crippen LogP contribution is -2.30. The molecule has 7 nitrogen and oxygen atoms in total. The Bertz CT molecular complexity index is 1060. The maximum atomic E-state index is 12.6. The maximum absolute atomic E-state index is 12.6. The number of hydrogen-bond acceptors (Lipinski definition) is 6. The molecule has 1 aliphatic rings. The number of amides is 1. The standard InChI is InChI=1S/C17H20N2O5S3/c1-12-10-14(19-17(20)13(2)11-26(19,21)22)5-6-16(12)27(23,24)18-8-7-15-4-3-9-25-15/h3-6,9-10,13,18H,7-8,11H2,1-2H3/t13-/m0/s1. The van der Waals surface area contributed by atoms with Gasteiger partial charge in [0.25, 0.3) is 0 Å². The molecular formula is C17H20N2O5S3. The number of hydrogen-bond donors (Lipinski definition) is 1. The van der Waals surface area contributed by atoms with Crippen LogP contribution in [0.1, 0.15) is 17.4 Å². The summed E-state index contributed by atoms with van der Waals surface area (Å²) in [5.41, 5.74) is 0.540. The van der Waals surface area contributed by atoms with Crippen molar-refractivity contribution in [1.29, 1.82) is 0 Å². The topological polar surface area (TPSA) is 101 Å². The summed E-state index contributed by atoms with van der Waals surface area (Å²) in [6.45, 7) is 3.40. The van der Waals surface area contributed by atoms with Crippen LogP contribution >= 0.6 is 11.3 Å². The lowest BCUT2D eigenvalue weighted by Gasteiger charge is -2.17. The van der Waals surface area contributed by atoms with Crippen LogP contribution in [0.15, 0.2) is 40.6 Å². The molecule has 10 heteroatoms. The van der Waals surface area contributed by atoms with Crippen LogP contribution in [-0.4, -0.2) is 35.0 Å². The highest BCUT2D eigenvalue weighted by molar-refractivity contribution is 7.94. The van der Waals surface area contributed by atoms with Crippen molar-refractivity contribution in [2.24, 2.45) is 5.92 Å². The van der Waals surface area contributed by atoms with Crippen molar-refractivity contribution in [2.75, 3.05) is 16.6 Å². The van der Waals surface area contributed by atoms with Crippen LogP contribution in [-0.2, 0) is 31.3 Å². The van der Waals surface area contributed by atoms with E-state index in [0.29, 0.717) is 12.0 Å². The van der Waals surface area contributed by atoms with E-state index in [0.717, 1.165) is 9.18 Å². The number of carbonyl (C=O) groups is 1. The van der Waals surface area contributed by atoms with Gasteiger partial charge in [-0.05, 0) is 48.6 Å². The van der Waals surface area contributed by atoms with E-state index in [1.807, 2.05) is 17.5 Å². The van der Waals surface area contributed by atoms with Gasteiger partial charge in [0.15, 0.2) is 0 Å². The molecule has 146 valence electrons. The second-order valence-corrected chi connectivity index (χ2v) is 11.1. The Morgan fingerprint density at radius 3 is 2.59 bits per heavy atom. The molecule has 1 aliphatic heterocycles. The van der Waals surface area contributed by atoms with E-state index in [1.165, 1.54) is 18.2 Å². The predicted octanol–water partition coefficient (Wildman–Crippen LogP) is 1.89. The Kier molecular flexibility index (Phi) is 5.44. The molecule has 1 N–H and O–H groups in total. The van der Waals surface area contributed by atoms with E-state index in [-0.39, 0.29) is 22.9 Å². The average Bonchev–Trinajstić information content (AvgIpc) is 3.13. The van der Waals surface area contributed by atoms with Gasteiger partial charge in [0.1, 0.15) is 0 Å². The molecule has 0 radical (unpaired) electrons. The molecule has 2 heterocycles. The molecule has 1 aromatic heterocycles. The van der Waals surface area contributed by atoms with Crippen molar-refractivity contribution < 1.29 is 21.6 Å². The monoisotopic (exact) mass is 428 g/mol. The lowest BCUT2D eigenvalue weighted by atomic mass is 10.2. The minimum atomic E-state index is -3.74. The molecule has 1 amide bonds. The summed E-state index contributed by atoms with van der Waals surface area (Å²) in [6.07, 6.45) is 0.590. The van der Waals surface area contributed by atoms with Gasteiger partial charge in [0, 0.05) is 11.4 Å². The van der Waals surface area contributed by atoms with Crippen LogP contribution in [0.5, 0.6) is 0 Å². The van der Waals surface area contributed by atoms with Crippen molar-refractivity contribution in [1.82, 2.24) is 4.72 Å². The predicted molar refractivity (Wildman–Crippen MR) is 105 cm³/mol. The smallest absolute Gasteiger partial charge is 0.244 e. The van der Waals surface area contributed by atoms with Crippen molar-refractivity contribution in [3.8, 4) is 0 Å². The van der Waals surface area contributed by atoms with Gasteiger partial charge >= 0.3 is 0 Å². The SMILES string of the molecule is Cc1cc(N2C(=O)[C@@H](C)CS2(=O)=O)ccc1S(=O)(=O)NCCc1cccs1. The molecule has 0 unspecified atom stereocenters. The van der Waals surface area contributed by atoms with Crippen LogP contribution in [0.25, 0.3) is 0 Å². The number of benzene rings is 1. The Hall–Kier alpha value is -1.75. The van der Waals surface area contributed by atoms with Crippen molar-refractivity contribution >= 4 is 43.0 Å². The van der Waals surface area contributed by atoms with Crippen molar-refractivity contribution in [3.63, 3.8) is 0 Å². The number of rotatable bonds is 6. The molecule has 3 rings (SSSR count). The van der Waals surface area contributed by atoms with E-state index in [2.05, 4.69) is 4.72 Å². The third-order valence-electron chi connectivity index (χ3n) is 4.29. The molecule has 1 fully saturated rings. The first-order valence-electron chi connectivity index (χ1n) is 8.31. The summed E-state index contributed by atoms with van der Waals surface area (Å²) in [7, 11) is -7.46. The van der Waals surface area contributed by atoms with E-state index in [4.69, 9.17) is 0 Å². The summed E-state index contributed by atoms with van der Waals surface area (Å²) >= 11 is 1.56. The first-order valence-corrected chi connectivity index (χ1v) is 12.3. The minimum Gasteiger partial charge on any atom is -0.273 e. The van der Waals surface area contributed by atoms with E-state index < -0.39 is 31.9 Å². The number of anilines is 1. The molecule has 2 aromatic rings. The zero-order valence-corrected chi connectivity index (χ0v) is 17.3. The summed E-state index contributed by atoms with van der Waals surface area (Å²) in [4.78, 5) is 13.3. The largest absolute Gasteiger partial charge is 0.273 e. The van der Waals surface area contributed by atoms with Gasteiger partial charge < -0.3 is 0 Å². The Morgan fingerprint density at radius 2 is 2.04 bits per heavy atom. The van der Waals surface area contributed by atoms with Crippen molar-refractivity contribution in [3.05, 3.63) is 46.2 Å². The zero-order chi connectivity index (χ0) is 19.8.